The van der Waals surface area contributed by atoms with Gasteiger partial charge in [-0.05, 0) is 36.4 Å². The molecule has 2 aromatic heterocycles. The predicted molar refractivity (Wildman–Crippen MR) is 139 cm³/mol. The molecular formula is C29H23N3O5. The van der Waals surface area contributed by atoms with Crippen molar-refractivity contribution in [2.45, 2.75) is 6.54 Å². The fourth-order valence-corrected chi connectivity index (χ4v) is 4.85. The highest BCUT2D eigenvalue weighted by Gasteiger charge is 2.36. The first-order valence-corrected chi connectivity index (χ1v) is 11.9. The number of methoxy groups -OCH3 is 1. The van der Waals surface area contributed by atoms with Gasteiger partial charge in [0.2, 0.25) is 0 Å². The third-order valence-corrected chi connectivity index (χ3v) is 6.62. The number of nitrogens with one attached hydrogen (secondary N) is 1. The highest BCUT2D eigenvalue weighted by atomic mass is 16.5. The third kappa shape index (κ3) is 3.78. The van der Waals surface area contributed by atoms with E-state index in [1.165, 1.54) is 4.90 Å². The number of hydrogen-bond acceptors (Lipinski definition) is 6. The van der Waals surface area contributed by atoms with Gasteiger partial charge in [0, 0.05) is 29.0 Å². The number of hydrogen-bond donors (Lipinski definition) is 2. The van der Waals surface area contributed by atoms with Crippen LogP contribution in [0.15, 0.2) is 72.8 Å². The maximum absolute atomic E-state index is 13.1. The van der Waals surface area contributed by atoms with Crippen LogP contribution in [0.3, 0.4) is 0 Å². The van der Waals surface area contributed by atoms with Gasteiger partial charge in [0.05, 0.1) is 41.1 Å². The maximum atomic E-state index is 13.1. The second-order valence-corrected chi connectivity index (χ2v) is 8.78. The molecule has 0 atom stereocenters. The summed E-state index contributed by atoms with van der Waals surface area (Å²) in [5.41, 5.74) is 4.12. The van der Waals surface area contributed by atoms with Crippen LogP contribution in [0.25, 0.3) is 33.1 Å². The zero-order chi connectivity index (χ0) is 25.5. The van der Waals surface area contributed by atoms with E-state index < -0.39 is 0 Å². The lowest BCUT2D eigenvalue weighted by atomic mass is 10.0. The highest BCUT2D eigenvalue weighted by Crippen LogP contribution is 2.38. The Morgan fingerprint density at radius 2 is 1.59 bits per heavy atom. The highest BCUT2D eigenvalue weighted by molar-refractivity contribution is 6.21. The van der Waals surface area contributed by atoms with Crippen LogP contribution < -0.4 is 4.74 Å². The molecule has 0 bridgehead atoms. The van der Waals surface area contributed by atoms with Gasteiger partial charge in [0.15, 0.2) is 5.88 Å². The quantitative estimate of drug-likeness (QED) is 0.247. The van der Waals surface area contributed by atoms with Gasteiger partial charge < -0.3 is 19.6 Å². The van der Waals surface area contributed by atoms with E-state index >= 15 is 0 Å². The number of fused-ring (bicyclic) bond motifs is 3. The number of para-hydroxylation sites is 1. The molecule has 8 heteroatoms. The molecule has 1 aliphatic rings. The zero-order valence-corrected chi connectivity index (χ0v) is 20.0. The Labute approximate surface area is 212 Å². The van der Waals surface area contributed by atoms with Gasteiger partial charge in [-0.1, -0.05) is 36.4 Å². The van der Waals surface area contributed by atoms with Crippen LogP contribution in [0.1, 0.15) is 26.3 Å². The summed E-state index contributed by atoms with van der Waals surface area (Å²) in [5.74, 6) is -0.0908. The zero-order valence-electron chi connectivity index (χ0n) is 20.0. The Bertz CT molecular complexity index is 1660. The number of aromatic hydroxyl groups is 1. The number of nitrogens with zero attached hydrogens (tertiary/aromatic N) is 2. The number of rotatable bonds is 7. The SMILES string of the molecule is COCCOc1ccc2nc(-c3c(O)[nH]c4ccccc34)ccc2c1CN1C(=O)c2ccccc2C1=O. The summed E-state index contributed by atoms with van der Waals surface area (Å²) < 4.78 is 11.1. The summed E-state index contributed by atoms with van der Waals surface area (Å²) in [6.07, 6.45) is 0. The first kappa shape index (κ1) is 22.8. The van der Waals surface area contributed by atoms with Crippen LogP contribution in [-0.2, 0) is 11.3 Å². The maximum Gasteiger partial charge on any atom is 0.261 e. The minimum atomic E-state index is -0.339. The average molecular weight is 494 g/mol. The van der Waals surface area contributed by atoms with Gasteiger partial charge in [0.1, 0.15) is 12.4 Å². The molecule has 2 N–H and O–H groups in total. The molecule has 0 saturated heterocycles. The van der Waals surface area contributed by atoms with Gasteiger partial charge in [0.25, 0.3) is 11.8 Å². The molecule has 6 rings (SSSR count). The second kappa shape index (κ2) is 9.07. The van der Waals surface area contributed by atoms with Gasteiger partial charge in [-0.2, -0.15) is 0 Å². The Morgan fingerprint density at radius 1 is 0.865 bits per heavy atom. The van der Waals surface area contributed by atoms with Crippen LogP contribution >= 0.6 is 0 Å². The Morgan fingerprint density at radius 3 is 2.35 bits per heavy atom. The molecule has 1 aliphatic heterocycles. The molecule has 5 aromatic rings. The van der Waals surface area contributed by atoms with Gasteiger partial charge >= 0.3 is 0 Å². The fourth-order valence-electron chi connectivity index (χ4n) is 4.85. The number of ether oxygens (including phenoxy) is 2. The van der Waals surface area contributed by atoms with E-state index in [9.17, 15) is 14.7 Å². The molecule has 8 nitrogen and oxygen atoms in total. The van der Waals surface area contributed by atoms with E-state index in [4.69, 9.17) is 14.5 Å². The lowest BCUT2D eigenvalue weighted by molar-refractivity contribution is 0.0641. The molecule has 37 heavy (non-hydrogen) atoms. The van der Waals surface area contributed by atoms with E-state index in [1.54, 1.807) is 37.4 Å². The van der Waals surface area contributed by atoms with Crippen LogP contribution in [0.2, 0.25) is 0 Å². The van der Waals surface area contributed by atoms with Crippen molar-refractivity contribution in [2.75, 3.05) is 20.3 Å². The Hall–Kier alpha value is -4.69. The van der Waals surface area contributed by atoms with Crippen LogP contribution in [-0.4, -0.2) is 52.1 Å². The lowest BCUT2D eigenvalue weighted by Gasteiger charge is -2.19. The van der Waals surface area contributed by atoms with E-state index in [-0.39, 0.29) is 24.2 Å². The minimum Gasteiger partial charge on any atom is -0.494 e. The van der Waals surface area contributed by atoms with Gasteiger partial charge in [-0.15, -0.1) is 0 Å². The average Bonchev–Trinajstić information content (AvgIpc) is 3.38. The van der Waals surface area contributed by atoms with Crippen molar-refractivity contribution in [3.05, 3.63) is 89.5 Å². The number of benzene rings is 3. The molecule has 3 heterocycles. The third-order valence-electron chi connectivity index (χ3n) is 6.62. The van der Waals surface area contributed by atoms with Crippen molar-refractivity contribution in [1.29, 1.82) is 0 Å². The van der Waals surface area contributed by atoms with Crippen LogP contribution in [0.4, 0.5) is 0 Å². The number of H-pyrrole nitrogens is 1. The first-order valence-electron chi connectivity index (χ1n) is 11.9. The molecule has 2 amide bonds. The van der Waals surface area contributed by atoms with Crippen molar-refractivity contribution < 1.29 is 24.2 Å². The molecule has 0 radical (unpaired) electrons. The summed E-state index contributed by atoms with van der Waals surface area (Å²) in [5, 5.41) is 12.2. The molecule has 0 fully saturated rings. The van der Waals surface area contributed by atoms with Crippen molar-refractivity contribution in [1.82, 2.24) is 14.9 Å². The topological polar surface area (TPSA) is 105 Å². The molecule has 3 aromatic carbocycles. The number of aromatic amines is 1. The molecule has 184 valence electrons. The standard InChI is InChI=1S/C29H23N3O5/c1-36-14-15-37-25-13-12-23-17(21(25)16-32-28(34)18-6-2-3-7-19(18)29(32)35)10-11-24(30-23)26-20-8-4-5-9-22(20)31-27(26)33/h2-13,31,33H,14-16H2,1H3. The smallest absolute Gasteiger partial charge is 0.261 e. The first-order chi connectivity index (χ1) is 18.1. The van der Waals surface area contributed by atoms with E-state index in [0.717, 1.165) is 16.3 Å². The molecule has 0 saturated carbocycles. The fraction of sp³-hybridized carbons (Fsp3) is 0.138. The second-order valence-electron chi connectivity index (χ2n) is 8.78. The number of pyridine rings is 1. The normalized spacial score (nSPS) is 13.1. The molecule has 0 aliphatic carbocycles. The van der Waals surface area contributed by atoms with Crippen molar-refractivity contribution in [3.8, 4) is 22.9 Å². The number of carbonyl (C=O) groups excluding carboxylic acids is 2. The summed E-state index contributed by atoms with van der Waals surface area (Å²) in [7, 11) is 1.59. The molecule has 0 spiro atoms. The minimum absolute atomic E-state index is 0.0331. The molecular weight excluding hydrogens is 470 g/mol. The number of amides is 2. The van der Waals surface area contributed by atoms with Crippen LogP contribution in [0, 0.1) is 0 Å². The van der Waals surface area contributed by atoms with Crippen molar-refractivity contribution >= 4 is 33.6 Å². The Balaban J connectivity index is 1.45. The number of aromatic nitrogens is 2. The van der Waals surface area contributed by atoms with Crippen molar-refractivity contribution in [3.63, 3.8) is 0 Å². The number of carbonyl (C=O) groups is 2. The van der Waals surface area contributed by atoms with E-state index in [1.807, 2.05) is 42.5 Å². The Kier molecular flexibility index (Phi) is 5.58. The van der Waals surface area contributed by atoms with E-state index in [2.05, 4.69) is 4.98 Å². The van der Waals surface area contributed by atoms with Gasteiger partial charge in [-0.3, -0.25) is 14.5 Å². The van der Waals surface area contributed by atoms with E-state index in [0.29, 0.717) is 52.4 Å². The predicted octanol–water partition coefficient (Wildman–Crippen LogP) is 4.91. The summed E-state index contributed by atoms with van der Waals surface area (Å²) in [6.45, 7) is 0.735. The largest absolute Gasteiger partial charge is 0.494 e. The summed E-state index contributed by atoms with van der Waals surface area (Å²) in [4.78, 5) is 35.2. The lowest BCUT2D eigenvalue weighted by Crippen LogP contribution is -2.29. The summed E-state index contributed by atoms with van der Waals surface area (Å²) in [6, 6.07) is 21.8. The van der Waals surface area contributed by atoms with Gasteiger partial charge in [-0.25, -0.2) is 4.98 Å². The van der Waals surface area contributed by atoms with Crippen molar-refractivity contribution in [2.24, 2.45) is 0 Å². The number of imide groups is 1. The monoisotopic (exact) mass is 493 g/mol. The summed E-state index contributed by atoms with van der Waals surface area (Å²) >= 11 is 0. The van der Waals surface area contributed by atoms with Crippen LogP contribution in [0.5, 0.6) is 11.6 Å². The molecule has 0 unspecified atom stereocenters.